The SMILES string of the molecule is C#CC1(NC(C)(C)C)CCN(C)C(C)(C)C1. The van der Waals surface area contributed by atoms with Gasteiger partial charge in [-0.2, -0.15) is 0 Å². The molecule has 0 bridgehead atoms. The predicted octanol–water partition coefficient (Wildman–Crippen LogP) is 2.25. The average molecular weight is 222 g/mol. The maximum atomic E-state index is 5.78. The van der Waals surface area contributed by atoms with Gasteiger partial charge < -0.3 is 4.90 Å². The van der Waals surface area contributed by atoms with Gasteiger partial charge in [-0.25, -0.2) is 0 Å². The van der Waals surface area contributed by atoms with Crippen molar-refractivity contribution in [2.75, 3.05) is 13.6 Å². The van der Waals surface area contributed by atoms with E-state index in [4.69, 9.17) is 6.42 Å². The summed E-state index contributed by atoms with van der Waals surface area (Å²) in [6.45, 7) is 12.1. The van der Waals surface area contributed by atoms with E-state index in [1.807, 2.05) is 0 Å². The molecule has 0 spiro atoms. The highest BCUT2D eigenvalue weighted by molar-refractivity contribution is 5.19. The van der Waals surface area contributed by atoms with Gasteiger partial charge in [0.2, 0.25) is 0 Å². The van der Waals surface area contributed by atoms with Gasteiger partial charge in [0.15, 0.2) is 0 Å². The molecule has 0 saturated carbocycles. The molecule has 1 atom stereocenters. The van der Waals surface area contributed by atoms with Crippen molar-refractivity contribution < 1.29 is 0 Å². The predicted molar refractivity (Wildman–Crippen MR) is 70.4 cm³/mol. The standard InChI is InChI=1S/C14H26N2/c1-8-14(15-12(2,3)4)9-10-16(7)13(5,6)11-14/h1,15H,9-11H2,2-7H3. The Labute approximate surface area is 101 Å². The summed E-state index contributed by atoms with van der Waals surface area (Å²) >= 11 is 0. The van der Waals surface area contributed by atoms with E-state index in [1.165, 1.54) is 0 Å². The van der Waals surface area contributed by atoms with Crippen LogP contribution < -0.4 is 5.32 Å². The Morgan fingerprint density at radius 2 is 1.88 bits per heavy atom. The first kappa shape index (κ1) is 13.5. The molecule has 1 saturated heterocycles. The molecule has 1 unspecified atom stereocenters. The molecule has 0 aromatic heterocycles. The van der Waals surface area contributed by atoms with Crippen LogP contribution in [-0.2, 0) is 0 Å². The number of hydrogen-bond acceptors (Lipinski definition) is 2. The van der Waals surface area contributed by atoms with E-state index in [-0.39, 0.29) is 16.6 Å². The molecule has 92 valence electrons. The molecule has 1 heterocycles. The number of nitrogens with zero attached hydrogens (tertiary/aromatic N) is 1. The minimum absolute atomic E-state index is 0.0678. The molecule has 2 heteroatoms. The number of hydrogen-bond donors (Lipinski definition) is 1. The zero-order valence-electron chi connectivity index (χ0n) is 11.6. The van der Waals surface area contributed by atoms with Crippen LogP contribution in [0, 0.1) is 12.3 Å². The summed E-state index contributed by atoms with van der Waals surface area (Å²) in [5, 5.41) is 3.63. The van der Waals surface area contributed by atoms with Gasteiger partial charge in [-0.05, 0) is 54.5 Å². The number of nitrogens with one attached hydrogen (secondary N) is 1. The fourth-order valence-electron chi connectivity index (χ4n) is 2.61. The van der Waals surface area contributed by atoms with Crippen molar-refractivity contribution >= 4 is 0 Å². The van der Waals surface area contributed by atoms with Gasteiger partial charge in [0.1, 0.15) is 0 Å². The minimum atomic E-state index is -0.145. The number of likely N-dealkylation sites (tertiary alicyclic amines) is 1. The van der Waals surface area contributed by atoms with Crippen LogP contribution in [0.25, 0.3) is 0 Å². The molecule has 0 aromatic carbocycles. The maximum Gasteiger partial charge on any atom is 0.0831 e. The van der Waals surface area contributed by atoms with Crippen LogP contribution in [0.1, 0.15) is 47.5 Å². The first-order chi connectivity index (χ1) is 7.10. The molecular weight excluding hydrogens is 196 g/mol. The lowest BCUT2D eigenvalue weighted by molar-refractivity contribution is 0.0532. The summed E-state index contributed by atoms with van der Waals surface area (Å²) in [7, 11) is 2.18. The highest BCUT2D eigenvalue weighted by Gasteiger charge is 2.43. The lowest BCUT2D eigenvalue weighted by atomic mass is 9.76. The van der Waals surface area contributed by atoms with Gasteiger partial charge >= 0.3 is 0 Å². The summed E-state index contributed by atoms with van der Waals surface area (Å²) in [5.74, 6) is 3.01. The summed E-state index contributed by atoms with van der Waals surface area (Å²) in [6, 6.07) is 0. The molecule has 1 aliphatic rings. The van der Waals surface area contributed by atoms with Crippen molar-refractivity contribution in [1.82, 2.24) is 10.2 Å². The second kappa shape index (κ2) is 4.05. The van der Waals surface area contributed by atoms with E-state index in [2.05, 4.69) is 57.8 Å². The lowest BCUT2D eigenvalue weighted by Gasteiger charge is -2.50. The Kier molecular flexibility index (Phi) is 3.43. The molecule has 1 rings (SSSR count). The van der Waals surface area contributed by atoms with E-state index in [9.17, 15) is 0 Å². The number of terminal acetylenes is 1. The van der Waals surface area contributed by atoms with E-state index in [0.29, 0.717) is 0 Å². The second-order valence-corrected chi connectivity index (χ2v) is 6.76. The van der Waals surface area contributed by atoms with Crippen LogP contribution >= 0.6 is 0 Å². The van der Waals surface area contributed by atoms with Crippen LogP contribution in [0.5, 0.6) is 0 Å². The first-order valence-electron chi connectivity index (χ1n) is 6.09. The van der Waals surface area contributed by atoms with Gasteiger partial charge in [-0.1, -0.05) is 5.92 Å². The van der Waals surface area contributed by atoms with Crippen LogP contribution in [0.3, 0.4) is 0 Å². The van der Waals surface area contributed by atoms with Gasteiger partial charge in [0.05, 0.1) is 5.54 Å². The molecule has 0 radical (unpaired) electrons. The smallest absolute Gasteiger partial charge is 0.0831 e. The van der Waals surface area contributed by atoms with Crippen LogP contribution in [0.2, 0.25) is 0 Å². The number of rotatable bonds is 1. The highest BCUT2D eigenvalue weighted by Crippen LogP contribution is 2.34. The summed E-state index contributed by atoms with van der Waals surface area (Å²) in [6.07, 6.45) is 7.81. The normalized spacial score (nSPS) is 31.1. The van der Waals surface area contributed by atoms with Gasteiger partial charge in [0.25, 0.3) is 0 Å². The third kappa shape index (κ3) is 2.99. The molecule has 0 aromatic rings. The Morgan fingerprint density at radius 3 is 2.25 bits per heavy atom. The minimum Gasteiger partial charge on any atom is -0.301 e. The van der Waals surface area contributed by atoms with Gasteiger partial charge in [-0.3, -0.25) is 5.32 Å². The van der Waals surface area contributed by atoms with E-state index in [0.717, 1.165) is 19.4 Å². The Balaban J connectivity index is 2.88. The summed E-state index contributed by atoms with van der Waals surface area (Å²) in [5.41, 5.74) is 0.0927. The van der Waals surface area contributed by atoms with Crippen LogP contribution in [0.4, 0.5) is 0 Å². The largest absolute Gasteiger partial charge is 0.301 e. The van der Waals surface area contributed by atoms with Crippen molar-refractivity contribution in [3.05, 3.63) is 0 Å². The molecule has 0 amide bonds. The fraction of sp³-hybridized carbons (Fsp3) is 0.857. The third-order valence-electron chi connectivity index (χ3n) is 3.53. The van der Waals surface area contributed by atoms with Gasteiger partial charge in [0, 0.05) is 17.6 Å². The zero-order valence-corrected chi connectivity index (χ0v) is 11.6. The molecule has 1 aliphatic heterocycles. The highest BCUT2D eigenvalue weighted by atomic mass is 15.2. The van der Waals surface area contributed by atoms with Crippen molar-refractivity contribution in [3.8, 4) is 12.3 Å². The Morgan fingerprint density at radius 1 is 1.31 bits per heavy atom. The van der Waals surface area contributed by atoms with Crippen LogP contribution in [-0.4, -0.2) is 35.1 Å². The van der Waals surface area contributed by atoms with Gasteiger partial charge in [-0.15, -0.1) is 6.42 Å². The Bertz CT molecular complexity index is 293. The fourth-order valence-corrected chi connectivity index (χ4v) is 2.61. The summed E-state index contributed by atoms with van der Waals surface area (Å²) < 4.78 is 0. The molecular formula is C14H26N2. The monoisotopic (exact) mass is 222 g/mol. The zero-order chi connectivity index (χ0) is 12.6. The van der Waals surface area contributed by atoms with Crippen molar-refractivity contribution in [3.63, 3.8) is 0 Å². The van der Waals surface area contributed by atoms with Crippen LogP contribution in [0.15, 0.2) is 0 Å². The quantitative estimate of drug-likeness (QED) is 0.685. The Hall–Kier alpha value is -0.520. The first-order valence-corrected chi connectivity index (χ1v) is 6.09. The maximum absolute atomic E-state index is 5.78. The molecule has 2 nitrogen and oxygen atoms in total. The van der Waals surface area contributed by atoms with E-state index < -0.39 is 0 Å². The summed E-state index contributed by atoms with van der Waals surface area (Å²) in [4.78, 5) is 2.40. The second-order valence-electron chi connectivity index (χ2n) is 6.76. The van der Waals surface area contributed by atoms with Crippen molar-refractivity contribution in [2.45, 2.75) is 64.1 Å². The molecule has 0 aliphatic carbocycles. The molecule has 1 N–H and O–H groups in total. The van der Waals surface area contributed by atoms with E-state index >= 15 is 0 Å². The molecule has 16 heavy (non-hydrogen) atoms. The third-order valence-corrected chi connectivity index (χ3v) is 3.53. The van der Waals surface area contributed by atoms with Crippen molar-refractivity contribution in [2.24, 2.45) is 0 Å². The number of piperidine rings is 1. The van der Waals surface area contributed by atoms with E-state index in [1.54, 1.807) is 0 Å². The van der Waals surface area contributed by atoms with Crippen molar-refractivity contribution in [1.29, 1.82) is 0 Å². The topological polar surface area (TPSA) is 15.3 Å². The molecule has 1 fully saturated rings. The average Bonchev–Trinajstić information content (AvgIpc) is 2.09. The lowest BCUT2D eigenvalue weighted by Crippen LogP contribution is -2.63.